The number of rotatable bonds is 4. The van der Waals surface area contributed by atoms with E-state index in [4.69, 9.17) is 0 Å². The van der Waals surface area contributed by atoms with Crippen molar-refractivity contribution in [2.75, 3.05) is 13.7 Å². The summed E-state index contributed by atoms with van der Waals surface area (Å²) in [7, 11) is 1.16. The molecule has 27 heavy (non-hydrogen) atoms. The van der Waals surface area contributed by atoms with Gasteiger partial charge in [0.05, 0.1) is 25.3 Å². The maximum atomic E-state index is 13.5. The zero-order chi connectivity index (χ0) is 20.4. The Hall–Kier alpha value is -2.82. The van der Waals surface area contributed by atoms with E-state index >= 15 is 0 Å². The Labute approximate surface area is 151 Å². The van der Waals surface area contributed by atoms with Crippen LogP contribution >= 0.6 is 0 Å². The van der Waals surface area contributed by atoms with E-state index in [1.807, 2.05) is 0 Å². The van der Waals surface area contributed by atoms with E-state index in [2.05, 4.69) is 14.8 Å². The van der Waals surface area contributed by atoms with Crippen LogP contribution < -0.4 is 10.6 Å². The molecule has 0 unspecified atom stereocenters. The van der Waals surface area contributed by atoms with Gasteiger partial charge < -0.3 is 25.2 Å². The number of ether oxygens (including phenoxy) is 2. The standard InChI is InChI=1S/C16H17F3N2O6/c1-3-27-13(23)10-11(8-4-6-9(7-5-8)12(22)26-2)20-14(24)21-15(10,25)16(17,18)19/h4-7,10-11,25H,3H2,1-2H3,(H2,20,21,24)/t10-,11+,15-/m0/s1. The highest BCUT2D eigenvalue weighted by atomic mass is 19.4. The van der Waals surface area contributed by atoms with Crippen molar-refractivity contribution in [1.82, 2.24) is 10.6 Å². The van der Waals surface area contributed by atoms with Gasteiger partial charge in [0.15, 0.2) is 0 Å². The fourth-order valence-corrected chi connectivity index (χ4v) is 2.76. The molecule has 148 valence electrons. The lowest BCUT2D eigenvalue weighted by molar-refractivity contribution is -0.294. The second kappa shape index (κ2) is 7.43. The van der Waals surface area contributed by atoms with E-state index in [-0.39, 0.29) is 17.7 Å². The van der Waals surface area contributed by atoms with E-state index in [9.17, 15) is 32.7 Å². The number of hydrogen-bond donors (Lipinski definition) is 3. The van der Waals surface area contributed by atoms with Crippen molar-refractivity contribution < 1.29 is 42.1 Å². The summed E-state index contributed by atoms with van der Waals surface area (Å²) in [5.41, 5.74) is -3.67. The van der Waals surface area contributed by atoms with Crippen LogP contribution in [-0.2, 0) is 14.3 Å². The molecule has 2 rings (SSSR count). The summed E-state index contributed by atoms with van der Waals surface area (Å²) in [6.45, 7) is 1.16. The second-order valence-corrected chi connectivity index (χ2v) is 5.68. The lowest BCUT2D eigenvalue weighted by atomic mass is 9.82. The molecule has 1 aliphatic heterocycles. The van der Waals surface area contributed by atoms with Crippen LogP contribution in [0.5, 0.6) is 0 Å². The summed E-state index contributed by atoms with van der Waals surface area (Å²) in [5, 5.41) is 13.7. The molecule has 8 nitrogen and oxygen atoms in total. The van der Waals surface area contributed by atoms with Crippen molar-refractivity contribution in [2.24, 2.45) is 5.92 Å². The highest BCUT2D eigenvalue weighted by molar-refractivity contribution is 5.89. The van der Waals surface area contributed by atoms with E-state index in [0.717, 1.165) is 7.11 Å². The third-order valence-corrected chi connectivity index (χ3v) is 4.04. The predicted octanol–water partition coefficient (Wildman–Crippen LogP) is 1.26. The number of esters is 2. The van der Waals surface area contributed by atoms with Crippen LogP contribution in [0, 0.1) is 5.92 Å². The molecule has 1 fully saturated rings. The molecule has 0 bridgehead atoms. The van der Waals surface area contributed by atoms with Crippen molar-refractivity contribution in [2.45, 2.75) is 24.9 Å². The molecule has 0 aromatic heterocycles. The maximum absolute atomic E-state index is 13.5. The lowest BCUT2D eigenvalue weighted by Crippen LogP contribution is -2.73. The summed E-state index contributed by atoms with van der Waals surface area (Å²) in [5.74, 6) is -4.25. The van der Waals surface area contributed by atoms with Gasteiger partial charge in [0.2, 0.25) is 0 Å². The minimum atomic E-state index is -5.35. The van der Waals surface area contributed by atoms with Crippen LogP contribution in [0.15, 0.2) is 24.3 Å². The van der Waals surface area contributed by atoms with E-state index in [1.165, 1.54) is 36.5 Å². The zero-order valence-electron chi connectivity index (χ0n) is 14.3. The fraction of sp³-hybridized carbons (Fsp3) is 0.438. The molecular formula is C16H17F3N2O6. The van der Waals surface area contributed by atoms with Crippen molar-refractivity contribution in [3.05, 3.63) is 35.4 Å². The fourth-order valence-electron chi connectivity index (χ4n) is 2.76. The Bertz CT molecular complexity index is 737. The van der Waals surface area contributed by atoms with Gasteiger partial charge in [-0.05, 0) is 24.6 Å². The molecule has 1 heterocycles. The monoisotopic (exact) mass is 390 g/mol. The van der Waals surface area contributed by atoms with Crippen molar-refractivity contribution >= 4 is 18.0 Å². The van der Waals surface area contributed by atoms with Gasteiger partial charge in [-0.25, -0.2) is 9.59 Å². The first-order valence-electron chi connectivity index (χ1n) is 7.77. The van der Waals surface area contributed by atoms with Crippen LogP contribution in [0.2, 0.25) is 0 Å². The first-order chi connectivity index (χ1) is 12.5. The number of carbonyl (C=O) groups is 3. The van der Waals surface area contributed by atoms with E-state index in [1.54, 1.807) is 0 Å². The number of urea groups is 1. The van der Waals surface area contributed by atoms with Crippen LogP contribution in [0.4, 0.5) is 18.0 Å². The molecule has 1 aromatic rings. The number of hydrogen-bond acceptors (Lipinski definition) is 6. The summed E-state index contributed by atoms with van der Waals surface area (Å²) in [4.78, 5) is 35.5. The number of amides is 2. The van der Waals surface area contributed by atoms with Gasteiger partial charge in [0, 0.05) is 0 Å². The molecule has 1 aromatic carbocycles. The van der Waals surface area contributed by atoms with E-state index in [0.29, 0.717) is 0 Å². The third-order valence-electron chi connectivity index (χ3n) is 4.04. The molecule has 2 amide bonds. The summed E-state index contributed by atoms with van der Waals surface area (Å²) >= 11 is 0. The van der Waals surface area contributed by atoms with E-state index < -0.39 is 41.8 Å². The molecule has 0 spiro atoms. The largest absolute Gasteiger partial charge is 0.466 e. The Morgan fingerprint density at radius 2 is 1.85 bits per heavy atom. The molecule has 3 atom stereocenters. The molecule has 1 aliphatic rings. The number of nitrogens with one attached hydrogen (secondary N) is 2. The smallest absolute Gasteiger partial charge is 0.437 e. The van der Waals surface area contributed by atoms with Gasteiger partial charge in [-0.2, -0.15) is 13.2 Å². The molecule has 0 saturated carbocycles. The highest BCUT2D eigenvalue weighted by Crippen LogP contribution is 2.43. The normalized spacial score (nSPS) is 25.2. The number of methoxy groups -OCH3 is 1. The highest BCUT2D eigenvalue weighted by Gasteiger charge is 2.67. The first kappa shape index (κ1) is 20.5. The number of alkyl halides is 3. The Morgan fingerprint density at radius 3 is 2.33 bits per heavy atom. The number of benzene rings is 1. The average molecular weight is 390 g/mol. The molecule has 0 aliphatic carbocycles. The topological polar surface area (TPSA) is 114 Å². The van der Waals surface area contributed by atoms with Crippen LogP contribution in [0.1, 0.15) is 28.9 Å². The number of halogens is 3. The van der Waals surface area contributed by atoms with Gasteiger partial charge in [-0.15, -0.1) is 0 Å². The van der Waals surface area contributed by atoms with Gasteiger partial charge in [-0.1, -0.05) is 12.1 Å². The SMILES string of the molecule is CCOC(=O)[C@@H]1[C@@H](c2ccc(C(=O)OC)cc2)NC(=O)N[C@@]1(O)C(F)(F)F. The minimum Gasteiger partial charge on any atom is -0.466 e. The predicted molar refractivity (Wildman–Crippen MR) is 83.3 cm³/mol. The molecule has 0 radical (unpaired) electrons. The third kappa shape index (κ3) is 3.82. The van der Waals surface area contributed by atoms with Gasteiger partial charge in [0.1, 0.15) is 5.92 Å². The Balaban J connectivity index is 2.51. The first-order valence-corrected chi connectivity index (χ1v) is 7.77. The maximum Gasteiger partial charge on any atom is 0.437 e. The second-order valence-electron chi connectivity index (χ2n) is 5.68. The quantitative estimate of drug-likeness (QED) is 0.667. The molecular weight excluding hydrogens is 373 g/mol. The summed E-state index contributed by atoms with van der Waals surface area (Å²) in [6.07, 6.45) is -5.35. The van der Waals surface area contributed by atoms with Crippen molar-refractivity contribution in [3.8, 4) is 0 Å². The molecule has 1 saturated heterocycles. The van der Waals surface area contributed by atoms with Gasteiger partial charge in [-0.3, -0.25) is 4.79 Å². The number of carbonyl (C=O) groups excluding carboxylic acids is 3. The number of aliphatic hydroxyl groups is 1. The Kier molecular flexibility index (Phi) is 5.64. The summed E-state index contributed by atoms with van der Waals surface area (Å²) < 4.78 is 49.7. The Morgan fingerprint density at radius 1 is 1.26 bits per heavy atom. The molecule has 11 heteroatoms. The average Bonchev–Trinajstić information content (AvgIpc) is 2.59. The summed E-state index contributed by atoms with van der Waals surface area (Å²) in [6, 6.07) is 2.11. The van der Waals surface area contributed by atoms with Crippen LogP contribution in [0.3, 0.4) is 0 Å². The lowest BCUT2D eigenvalue weighted by Gasteiger charge is -2.44. The minimum absolute atomic E-state index is 0.0539. The van der Waals surface area contributed by atoms with Crippen LogP contribution in [-0.4, -0.2) is 48.7 Å². The van der Waals surface area contributed by atoms with Crippen molar-refractivity contribution in [3.63, 3.8) is 0 Å². The molecule has 3 N–H and O–H groups in total. The zero-order valence-corrected chi connectivity index (χ0v) is 14.3. The van der Waals surface area contributed by atoms with Gasteiger partial charge in [0.25, 0.3) is 5.72 Å². The van der Waals surface area contributed by atoms with Crippen LogP contribution in [0.25, 0.3) is 0 Å². The van der Waals surface area contributed by atoms with Crippen molar-refractivity contribution in [1.29, 1.82) is 0 Å². The van der Waals surface area contributed by atoms with Gasteiger partial charge >= 0.3 is 24.1 Å².